The van der Waals surface area contributed by atoms with E-state index >= 15 is 0 Å². The molecular formula is C15H22O6. The maximum absolute atomic E-state index is 11.1. The molecule has 1 aliphatic rings. The fraction of sp³-hybridized carbons (Fsp3) is 0.600. The van der Waals surface area contributed by atoms with Crippen LogP contribution in [0.3, 0.4) is 0 Å². The lowest BCUT2D eigenvalue weighted by atomic mass is 10.1. The largest absolute Gasteiger partial charge is 0.463 e. The molecule has 6 heteroatoms. The van der Waals surface area contributed by atoms with Crippen LogP contribution >= 0.6 is 0 Å². The van der Waals surface area contributed by atoms with Crippen LogP contribution in [0.15, 0.2) is 23.8 Å². The summed E-state index contributed by atoms with van der Waals surface area (Å²) in [4.78, 5) is 22.0. The first-order chi connectivity index (χ1) is 9.88. The number of esters is 2. The van der Waals surface area contributed by atoms with E-state index < -0.39 is 30.4 Å². The van der Waals surface area contributed by atoms with E-state index in [-0.39, 0.29) is 6.61 Å². The second-order valence-electron chi connectivity index (χ2n) is 4.92. The van der Waals surface area contributed by atoms with Crippen LogP contribution in [0.25, 0.3) is 0 Å². The SMILES string of the molecule is CC(=O)OC[C@H]1O[C@H](OCC=C(C)C)C=C[C@@H]1OC(C)=O. The maximum Gasteiger partial charge on any atom is 0.303 e. The van der Waals surface area contributed by atoms with Crippen molar-refractivity contribution < 1.29 is 28.5 Å². The lowest BCUT2D eigenvalue weighted by Crippen LogP contribution is -2.42. The summed E-state index contributed by atoms with van der Waals surface area (Å²) >= 11 is 0. The average molecular weight is 298 g/mol. The predicted octanol–water partition coefficient (Wildman–Crippen LogP) is 1.75. The van der Waals surface area contributed by atoms with Crippen molar-refractivity contribution >= 4 is 11.9 Å². The summed E-state index contributed by atoms with van der Waals surface area (Å²) in [6.45, 7) is 6.98. The molecule has 0 aromatic rings. The lowest BCUT2D eigenvalue weighted by molar-refractivity contribution is -0.194. The Morgan fingerprint density at radius 1 is 1.14 bits per heavy atom. The van der Waals surface area contributed by atoms with Crippen molar-refractivity contribution in [1.29, 1.82) is 0 Å². The van der Waals surface area contributed by atoms with Crippen LogP contribution in [0.1, 0.15) is 27.7 Å². The fourth-order valence-electron chi connectivity index (χ4n) is 1.66. The average Bonchev–Trinajstić information content (AvgIpc) is 2.37. The van der Waals surface area contributed by atoms with E-state index in [0.717, 1.165) is 5.57 Å². The standard InChI is InChI=1S/C15H22O6/c1-10(2)7-8-18-15-6-5-13(20-12(4)17)14(21-15)9-19-11(3)16/h5-7,13-15H,8-9H2,1-4H3/t13-,14+,15-/m0/s1. The van der Waals surface area contributed by atoms with Gasteiger partial charge in [0.05, 0.1) is 6.61 Å². The summed E-state index contributed by atoms with van der Waals surface area (Å²) in [7, 11) is 0. The summed E-state index contributed by atoms with van der Waals surface area (Å²) in [5.74, 6) is -0.846. The van der Waals surface area contributed by atoms with Crippen molar-refractivity contribution in [1.82, 2.24) is 0 Å². The summed E-state index contributed by atoms with van der Waals surface area (Å²) in [6, 6.07) is 0. The van der Waals surface area contributed by atoms with Gasteiger partial charge in [-0.25, -0.2) is 0 Å². The molecule has 1 heterocycles. The molecule has 0 bridgehead atoms. The molecule has 1 aliphatic heterocycles. The Morgan fingerprint density at radius 2 is 1.86 bits per heavy atom. The topological polar surface area (TPSA) is 71.1 Å². The summed E-state index contributed by atoms with van der Waals surface area (Å²) in [5.41, 5.74) is 1.14. The van der Waals surface area contributed by atoms with Gasteiger partial charge in [-0.1, -0.05) is 11.6 Å². The minimum atomic E-state index is -0.592. The molecule has 118 valence electrons. The summed E-state index contributed by atoms with van der Waals surface area (Å²) < 4.78 is 21.2. The molecule has 0 unspecified atom stereocenters. The zero-order valence-corrected chi connectivity index (χ0v) is 12.8. The number of carbonyl (C=O) groups excluding carboxylic acids is 2. The van der Waals surface area contributed by atoms with Crippen LogP contribution in [-0.2, 0) is 28.5 Å². The van der Waals surface area contributed by atoms with E-state index in [4.69, 9.17) is 18.9 Å². The molecule has 3 atom stereocenters. The van der Waals surface area contributed by atoms with Gasteiger partial charge >= 0.3 is 11.9 Å². The monoisotopic (exact) mass is 298 g/mol. The van der Waals surface area contributed by atoms with E-state index in [1.165, 1.54) is 13.8 Å². The third-order valence-electron chi connectivity index (χ3n) is 2.64. The van der Waals surface area contributed by atoms with Crippen LogP contribution in [0, 0.1) is 0 Å². The second kappa shape index (κ2) is 8.59. The lowest BCUT2D eigenvalue weighted by Gasteiger charge is -2.31. The smallest absolute Gasteiger partial charge is 0.303 e. The van der Waals surface area contributed by atoms with E-state index in [9.17, 15) is 9.59 Å². The molecule has 6 nitrogen and oxygen atoms in total. The van der Waals surface area contributed by atoms with E-state index in [2.05, 4.69) is 0 Å². The van der Waals surface area contributed by atoms with E-state index in [1.807, 2.05) is 19.9 Å². The van der Waals surface area contributed by atoms with Gasteiger partial charge in [0.15, 0.2) is 6.29 Å². The van der Waals surface area contributed by atoms with Gasteiger partial charge in [-0.2, -0.15) is 0 Å². The Morgan fingerprint density at radius 3 is 2.43 bits per heavy atom. The van der Waals surface area contributed by atoms with Crippen LogP contribution in [0.5, 0.6) is 0 Å². The molecule has 0 saturated carbocycles. The maximum atomic E-state index is 11.1. The zero-order chi connectivity index (χ0) is 15.8. The third kappa shape index (κ3) is 7.06. The van der Waals surface area contributed by atoms with E-state index in [0.29, 0.717) is 6.61 Å². The van der Waals surface area contributed by atoms with Gasteiger partial charge in [-0.05, 0) is 26.0 Å². The van der Waals surface area contributed by atoms with Crippen molar-refractivity contribution in [2.24, 2.45) is 0 Å². The number of rotatable bonds is 6. The first-order valence-corrected chi connectivity index (χ1v) is 6.78. The Balaban J connectivity index is 2.61. The van der Waals surface area contributed by atoms with Gasteiger partial charge in [0, 0.05) is 13.8 Å². The van der Waals surface area contributed by atoms with Crippen molar-refractivity contribution in [2.45, 2.75) is 46.2 Å². The highest BCUT2D eigenvalue weighted by molar-refractivity contribution is 5.66. The summed E-state index contributed by atoms with van der Waals surface area (Å²) in [6.07, 6.45) is 3.55. The highest BCUT2D eigenvalue weighted by Crippen LogP contribution is 2.18. The fourth-order valence-corrected chi connectivity index (χ4v) is 1.66. The molecule has 0 N–H and O–H groups in total. The molecule has 0 saturated heterocycles. The number of hydrogen-bond donors (Lipinski definition) is 0. The molecular weight excluding hydrogens is 276 g/mol. The number of allylic oxidation sites excluding steroid dienone is 1. The van der Waals surface area contributed by atoms with Crippen molar-refractivity contribution in [3.8, 4) is 0 Å². The predicted molar refractivity (Wildman–Crippen MR) is 75.4 cm³/mol. The highest BCUT2D eigenvalue weighted by atomic mass is 16.7. The minimum Gasteiger partial charge on any atom is -0.463 e. The van der Waals surface area contributed by atoms with Gasteiger partial charge in [0.2, 0.25) is 0 Å². The molecule has 0 aliphatic carbocycles. The van der Waals surface area contributed by atoms with Crippen molar-refractivity contribution in [2.75, 3.05) is 13.2 Å². The number of hydrogen-bond acceptors (Lipinski definition) is 6. The molecule has 0 spiro atoms. The minimum absolute atomic E-state index is 0.000124. The molecule has 0 aromatic heterocycles. The molecule has 0 aromatic carbocycles. The van der Waals surface area contributed by atoms with Crippen LogP contribution in [-0.4, -0.2) is 43.7 Å². The first-order valence-electron chi connectivity index (χ1n) is 6.78. The molecule has 0 fully saturated rings. The Bertz CT molecular complexity index is 422. The van der Waals surface area contributed by atoms with E-state index in [1.54, 1.807) is 12.2 Å². The van der Waals surface area contributed by atoms with Crippen LogP contribution in [0.2, 0.25) is 0 Å². The van der Waals surface area contributed by atoms with Gasteiger partial charge in [-0.15, -0.1) is 0 Å². The zero-order valence-electron chi connectivity index (χ0n) is 12.8. The highest BCUT2D eigenvalue weighted by Gasteiger charge is 2.30. The third-order valence-corrected chi connectivity index (χ3v) is 2.64. The van der Waals surface area contributed by atoms with Crippen molar-refractivity contribution in [3.63, 3.8) is 0 Å². The Kier molecular flexibility index (Phi) is 7.11. The van der Waals surface area contributed by atoms with Crippen LogP contribution < -0.4 is 0 Å². The quantitative estimate of drug-likeness (QED) is 0.549. The van der Waals surface area contributed by atoms with Gasteiger partial charge in [0.25, 0.3) is 0 Å². The normalized spacial score (nSPS) is 24.3. The number of ether oxygens (including phenoxy) is 4. The van der Waals surface area contributed by atoms with Crippen molar-refractivity contribution in [3.05, 3.63) is 23.8 Å². The Labute approximate surface area is 124 Å². The molecule has 0 amide bonds. The molecule has 21 heavy (non-hydrogen) atoms. The van der Waals surface area contributed by atoms with Gasteiger partial charge < -0.3 is 18.9 Å². The first kappa shape index (κ1) is 17.4. The molecule has 1 rings (SSSR count). The van der Waals surface area contributed by atoms with Gasteiger partial charge in [-0.3, -0.25) is 9.59 Å². The summed E-state index contributed by atoms with van der Waals surface area (Å²) in [5, 5.41) is 0. The number of carbonyl (C=O) groups is 2. The second-order valence-corrected chi connectivity index (χ2v) is 4.92. The Hall–Kier alpha value is -1.66. The molecule has 0 radical (unpaired) electrons. The van der Waals surface area contributed by atoms with Crippen LogP contribution in [0.4, 0.5) is 0 Å². The van der Waals surface area contributed by atoms with Gasteiger partial charge in [0.1, 0.15) is 18.8 Å².